The van der Waals surface area contributed by atoms with Crippen LogP contribution in [0.25, 0.3) is 0 Å². The highest BCUT2D eigenvalue weighted by molar-refractivity contribution is 5.85. The first-order valence-electron chi connectivity index (χ1n) is 5.26. The number of aromatic nitrogens is 1. The topological polar surface area (TPSA) is 76.5 Å². The summed E-state index contributed by atoms with van der Waals surface area (Å²) in [4.78, 5) is 24.2. The highest BCUT2D eigenvalue weighted by Gasteiger charge is 2.12. The van der Waals surface area contributed by atoms with Crippen molar-refractivity contribution < 1.29 is 19.4 Å². The minimum Gasteiger partial charge on any atom is -0.477 e. The molecular formula is C13H17NO4. The van der Waals surface area contributed by atoms with Crippen molar-refractivity contribution in [1.29, 1.82) is 0 Å². The number of aromatic carboxylic acids is 1. The van der Waals surface area contributed by atoms with Gasteiger partial charge in [-0.1, -0.05) is 12.6 Å². The van der Waals surface area contributed by atoms with Crippen molar-refractivity contribution in [3.05, 3.63) is 42.7 Å². The molecule has 1 rings (SSSR count). The van der Waals surface area contributed by atoms with Gasteiger partial charge >= 0.3 is 11.9 Å². The Morgan fingerprint density at radius 2 is 2.00 bits per heavy atom. The third-order valence-electron chi connectivity index (χ3n) is 1.46. The van der Waals surface area contributed by atoms with Gasteiger partial charge in [0.1, 0.15) is 11.3 Å². The lowest BCUT2D eigenvalue weighted by atomic mass is 10.2. The van der Waals surface area contributed by atoms with Crippen LogP contribution in [0.4, 0.5) is 0 Å². The Kier molecular flexibility index (Phi) is 6.34. The molecular weight excluding hydrogens is 234 g/mol. The molecule has 1 aromatic heterocycles. The number of pyridine rings is 1. The van der Waals surface area contributed by atoms with Crippen LogP contribution in [0.2, 0.25) is 0 Å². The Balaban J connectivity index is 0.000000321. The molecule has 0 aliphatic rings. The van der Waals surface area contributed by atoms with Gasteiger partial charge in [-0.25, -0.2) is 14.6 Å². The first-order valence-corrected chi connectivity index (χ1v) is 5.26. The Hall–Kier alpha value is -2.17. The summed E-state index contributed by atoms with van der Waals surface area (Å²) in [6.45, 7) is 8.71. The predicted molar refractivity (Wildman–Crippen MR) is 67.2 cm³/mol. The number of hydrogen-bond acceptors (Lipinski definition) is 4. The Morgan fingerprint density at radius 1 is 1.39 bits per heavy atom. The van der Waals surface area contributed by atoms with E-state index < -0.39 is 11.6 Å². The van der Waals surface area contributed by atoms with Crippen LogP contribution in [0.5, 0.6) is 0 Å². The van der Waals surface area contributed by atoms with E-state index in [1.165, 1.54) is 12.3 Å². The molecule has 5 nitrogen and oxygen atoms in total. The summed E-state index contributed by atoms with van der Waals surface area (Å²) in [6, 6.07) is 4.76. The Morgan fingerprint density at radius 3 is 2.22 bits per heavy atom. The molecule has 0 aliphatic heterocycles. The maximum absolute atomic E-state index is 10.5. The standard InChI is InChI=1S/C7H12O2.C6H5NO2/c1-5-6(8)9-7(2,3)4;8-6(9)5-3-1-2-4-7-5/h5H,1H2,2-4H3;1-4H,(H,8,9). The molecule has 0 amide bonds. The molecule has 0 spiro atoms. The van der Waals surface area contributed by atoms with Crippen LogP contribution in [0.1, 0.15) is 31.3 Å². The predicted octanol–water partition coefficient (Wildman–Crippen LogP) is 2.29. The second kappa shape index (κ2) is 7.21. The van der Waals surface area contributed by atoms with Gasteiger partial charge < -0.3 is 9.84 Å². The van der Waals surface area contributed by atoms with Gasteiger partial charge in [0.25, 0.3) is 0 Å². The van der Waals surface area contributed by atoms with E-state index >= 15 is 0 Å². The number of esters is 1. The van der Waals surface area contributed by atoms with Crippen molar-refractivity contribution in [3.63, 3.8) is 0 Å². The monoisotopic (exact) mass is 251 g/mol. The third kappa shape index (κ3) is 8.04. The lowest BCUT2D eigenvalue weighted by molar-refractivity contribution is -0.148. The van der Waals surface area contributed by atoms with Gasteiger partial charge in [-0.05, 0) is 32.9 Å². The van der Waals surface area contributed by atoms with E-state index in [-0.39, 0.29) is 11.7 Å². The molecule has 0 bridgehead atoms. The average molecular weight is 251 g/mol. The minimum absolute atomic E-state index is 0.0810. The molecule has 98 valence electrons. The molecule has 0 fully saturated rings. The Labute approximate surface area is 106 Å². The zero-order valence-electron chi connectivity index (χ0n) is 10.7. The number of carboxylic acid groups (broad SMARTS) is 1. The van der Waals surface area contributed by atoms with Crippen molar-refractivity contribution in [2.24, 2.45) is 0 Å². The SMILES string of the molecule is C=CC(=O)OC(C)(C)C.O=C(O)c1ccccn1. The quantitative estimate of drug-likeness (QED) is 0.644. The van der Waals surface area contributed by atoms with Crippen LogP contribution >= 0.6 is 0 Å². The molecule has 0 saturated heterocycles. The zero-order chi connectivity index (χ0) is 14.2. The molecule has 0 saturated carbocycles. The number of carbonyl (C=O) groups excluding carboxylic acids is 1. The van der Waals surface area contributed by atoms with E-state index in [2.05, 4.69) is 11.6 Å². The summed E-state index contributed by atoms with van der Waals surface area (Å²) >= 11 is 0. The minimum atomic E-state index is -0.990. The van der Waals surface area contributed by atoms with Gasteiger partial charge in [-0.15, -0.1) is 0 Å². The first kappa shape index (κ1) is 15.8. The fourth-order valence-electron chi connectivity index (χ4n) is 0.833. The lowest BCUT2D eigenvalue weighted by Crippen LogP contribution is -2.22. The van der Waals surface area contributed by atoms with E-state index in [0.717, 1.165) is 6.08 Å². The largest absolute Gasteiger partial charge is 0.477 e. The molecule has 5 heteroatoms. The average Bonchev–Trinajstić information content (AvgIpc) is 2.28. The van der Waals surface area contributed by atoms with Gasteiger partial charge in [0.15, 0.2) is 0 Å². The van der Waals surface area contributed by atoms with Gasteiger partial charge in [0, 0.05) is 12.3 Å². The van der Waals surface area contributed by atoms with Crippen LogP contribution in [0.15, 0.2) is 37.1 Å². The summed E-state index contributed by atoms with van der Waals surface area (Å²) in [7, 11) is 0. The summed E-state index contributed by atoms with van der Waals surface area (Å²) in [6.07, 6.45) is 2.61. The molecule has 0 atom stereocenters. The van der Waals surface area contributed by atoms with Crippen LogP contribution in [0.3, 0.4) is 0 Å². The van der Waals surface area contributed by atoms with Gasteiger partial charge in [-0.2, -0.15) is 0 Å². The van der Waals surface area contributed by atoms with E-state index in [0.29, 0.717) is 0 Å². The molecule has 1 aromatic rings. The van der Waals surface area contributed by atoms with E-state index in [9.17, 15) is 9.59 Å². The first-order chi connectivity index (χ1) is 8.26. The van der Waals surface area contributed by atoms with E-state index in [1.54, 1.807) is 12.1 Å². The molecule has 0 aromatic carbocycles. The highest BCUT2D eigenvalue weighted by atomic mass is 16.6. The number of carbonyl (C=O) groups is 2. The van der Waals surface area contributed by atoms with Crippen LogP contribution in [-0.4, -0.2) is 27.6 Å². The number of rotatable bonds is 2. The maximum Gasteiger partial charge on any atom is 0.354 e. The molecule has 1 heterocycles. The summed E-state index contributed by atoms with van der Waals surface area (Å²) < 4.78 is 4.83. The van der Waals surface area contributed by atoms with Crippen LogP contribution in [-0.2, 0) is 9.53 Å². The van der Waals surface area contributed by atoms with Crippen molar-refractivity contribution >= 4 is 11.9 Å². The smallest absolute Gasteiger partial charge is 0.354 e. The summed E-state index contributed by atoms with van der Waals surface area (Å²) in [5.41, 5.74) is -0.317. The van der Waals surface area contributed by atoms with Crippen molar-refractivity contribution in [2.45, 2.75) is 26.4 Å². The number of carboxylic acids is 1. The zero-order valence-corrected chi connectivity index (χ0v) is 10.7. The molecule has 0 aliphatic carbocycles. The molecule has 18 heavy (non-hydrogen) atoms. The van der Waals surface area contributed by atoms with Crippen molar-refractivity contribution in [1.82, 2.24) is 4.98 Å². The van der Waals surface area contributed by atoms with Gasteiger partial charge in [0.2, 0.25) is 0 Å². The maximum atomic E-state index is 10.5. The van der Waals surface area contributed by atoms with Gasteiger partial charge in [-0.3, -0.25) is 0 Å². The fourth-order valence-corrected chi connectivity index (χ4v) is 0.833. The number of hydrogen-bond donors (Lipinski definition) is 1. The molecule has 0 radical (unpaired) electrons. The number of nitrogens with zero attached hydrogens (tertiary/aromatic N) is 1. The molecule has 0 unspecified atom stereocenters. The summed E-state index contributed by atoms with van der Waals surface area (Å²) in [5.74, 6) is -1.36. The van der Waals surface area contributed by atoms with E-state index in [4.69, 9.17) is 9.84 Å². The van der Waals surface area contributed by atoms with Crippen LogP contribution < -0.4 is 0 Å². The van der Waals surface area contributed by atoms with E-state index in [1.807, 2.05) is 20.8 Å². The third-order valence-corrected chi connectivity index (χ3v) is 1.46. The highest BCUT2D eigenvalue weighted by Crippen LogP contribution is 2.06. The van der Waals surface area contributed by atoms with Crippen molar-refractivity contribution in [3.8, 4) is 0 Å². The normalized spacial score (nSPS) is 9.72. The lowest BCUT2D eigenvalue weighted by Gasteiger charge is -2.17. The Bertz CT molecular complexity index is 407. The second-order valence-corrected chi connectivity index (χ2v) is 4.26. The molecule has 1 N–H and O–H groups in total. The number of ether oxygens (including phenoxy) is 1. The van der Waals surface area contributed by atoms with Crippen molar-refractivity contribution in [2.75, 3.05) is 0 Å². The van der Waals surface area contributed by atoms with Crippen LogP contribution in [0, 0.1) is 0 Å². The second-order valence-electron chi connectivity index (χ2n) is 4.26. The summed E-state index contributed by atoms with van der Waals surface area (Å²) in [5, 5.41) is 8.32. The fraction of sp³-hybridized carbons (Fsp3) is 0.308. The van der Waals surface area contributed by atoms with Gasteiger partial charge in [0.05, 0.1) is 0 Å².